The summed E-state index contributed by atoms with van der Waals surface area (Å²) in [6.07, 6.45) is -2.75. The van der Waals surface area contributed by atoms with Gasteiger partial charge in [0.15, 0.2) is 0 Å². The molecule has 1 amide bonds. The normalized spacial score (nSPS) is 11.4. The van der Waals surface area contributed by atoms with Crippen molar-refractivity contribution >= 4 is 23.4 Å². The second-order valence-corrected chi connectivity index (χ2v) is 5.91. The number of anilines is 1. The Balaban J connectivity index is 1.89. The lowest BCUT2D eigenvalue weighted by Gasteiger charge is -2.11. The molecule has 9 heteroatoms. The molecule has 3 rings (SSSR count). The molecule has 1 aromatic heterocycles. The minimum atomic E-state index is -4.52. The molecule has 0 atom stereocenters. The Morgan fingerprint density at radius 1 is 1.12 bits per heavy atom. The number of halogens is 3. The average molecular weight is 379 g/mol. The number of alkyl halides is 3. The summed E-state index contributed by atoms with van der Waals surface area (Å²) in [7, 11) is 0. The molecule has 26 heavy (non-hydrogen) atoms. The Morgan fingerprint density at radius 3 is 2.58 bits per heavy atom. The SMILES string of the molecule is CSc1nnc(-c2ccccc2NC(=O)c2cccc(C(F)(F)F)c2)o1. The van der Waals surface area contributed by atoms with Crippen LogP contribution in [-0.4, -0.2) is 22.4 Å². The molecule has 0 aliphatic carbocycles. The monoisotopic (exact) mass is 379 g/mol. The first kappa shape index (κ1) is 18.0. The van der Waals surface area contributed by atoms with Gasteiger partial charge in [-0.1, -0.05) is 30.0 Å². The molecule has 0 saturated carbocycles. The van der Waals surface area contributed by atoms with E-state index in [0.717, 1.165) is 12.1 Å². The molecule has 5 nitrogen and oxygen atoms in total. The van der Waals surface area contributed by atoms with Crippen LogP contribution in [0.3, 0.4) is 0 Å². The first-order valence-corrected chi connectivity index (χ1v) is 8.56. The predicted molar refractivity (Wildman–Crippen MR) is 90.9 cm³/mol. The van der Waals surface area contributed by atoms with Crippen LogP contribution in [0, 0.1) is 0 Å². The maximum Gasteiger partial charge on any atom is 0.416 e. The van der Waals surface area contributed by atoms with Crippen molar-refractivity contribution in [1.82, 2.24) is 10.2 Å². The standard InChI is InChI=1S/C17H12F3N3O2S/c1-26-16-23-22-15(25-16)12-7-2-3-8-13(12)21-14(24)10-5-4-6-11(9-10)17(18,19)20/h2-9H,1H3,(H,21,24). The van der Waals surface area contributed by atoms with Crippen LogP contribution in [0.25, 0.3) is 11.5 Å². The molecule has 0 saturated heterocycles. The summed E-state index contributed by atoms with van der Waals surface area (Å²) in [5, 5.41) is 10.7. The number of nitrogens with zero attached hydrogens (tertiary/aromatic N) is 2. The molecule has 0 fully saturated rings. The molecular formula is C17H12F3N3O2S. The highest BCUT2D eigenvalue weighted by molar-refractivity contribution is 7.98. The van der Waals surface area contributed by atoms with E-state index < -0.39 is 17.6 Å². The Morgan fingerprint density at radius 2 is 1.88 bits per heavy atom. The number of benzene rings is 2. The van der Waals surface area contributed by atoms with Crippen LogP contribution in [-0.2, 0) is 6.18 Å². The van der Waals surface area contributed by atoms with E-state index in [9.17, 15) is 18.0 Å². The molecule has 3 aromatic rings. The van der Waals surface area contributed by atoms with Crippen molar-refractivity contribution in [2.24, 2.45) is 0 Å². The lowest BCUT2D eigenvalue weighted by Crippen LogP contribution is -2.14. The minimum absolute atomic E-state index is 0.107. The molecule has 0 spiro atoms. The van der Waals surface area contributed by atoms with E-state index in [4.69, 9.17) is 4.42 Å². The smallest absolute Gasteiger partial charge is 0.411 e. The first-order chi connectivity index (χ1) is 12.4. The highest BCUT2D eigenvalue weighted by Gasteiger charge is 2.31. The molecule has 1 heterocycles. The predicted octanol–water partition coefficient (Wildman–Crippen LogP) is 4.73. The van der Waals surface area contributed by atoms with Crippen LogP contribution in [0.1, 0.15) is 15.9 Å². The third-order valence-corrected chi connectivity index (χ3v) is 3.95. The molecule has 134 valence electrons. The highest BCUT2D eigenvalue weighted by Crippen LogP contribution is 2.31. The van der Waals surface area contributed by atoms with Gasteiger partial charge >= 0.3 is 6.18 Å². The number of amides is 1. The summed E-state index contributed by atoms with van der Waals surface area (Å²) < 4.78 is 43.9. The number of nitrogens with one attached hydrogen (secondary N) is 1. The molecule has 2 aromatic carbocycles. The van der Waals surface area contributed by atoms with Gasteiger partial charge in [0.25, 0.3) is 17.0 Å². The number of para-hydroxylation sites is 1. The Labute approximate surface area is 150 Å². The van der Waals surface area contributed by atoms with Crippen molar-refractivity contribution in [3.05, 3.63) is 59.7 Å². The van der Waals surface area contributed by atoms with Gasteiger partial charge < -0.3 is 9.73 Å². The Bertz CT molecular complexity index is 941. The lowest BCUT2D eigenvalue weighted by atomic mass is 10.1. The van der Waals surface area contributed by atoms with Gasteiger partial charge in [0.2, 0.25) is 0 Å². The zero-order valence-corrected chi connectivity index (χ0v) is 14.2. The van der Waals surface area contributed by atoms with Crippen LogP contribution >= 0.6 is 11.8 Å². The van der Waals surface area contributed by atoms with E-state index >= 15 is 0 Å². The van der Waals surface area contributed by atoms with E-state index in [1.807, 2.05) is 0 Å². The summed E-state index contributed by atoms with van der Waals surface area (Å²) in [5.74, 6) is -0.470. The third-order valence-electron chi connectivity index (χ3n) is 3.44. The second-order valence-electron chi connectivity index (χ2n) is 5.16. The van der Waals surface area contributed by atoms with Gasteiger partial charge in [0.1, 0.15) is 0 Å². The number of carbonyl (C=O) groups is 1. The highest BCUT2D eigenvalue weighted by atomic mass is 32.2. The molecule has 1 N–H and O–H groups in total. The number of thioether (sulfide) groups is 1. The van der Waals surface area contributed by atoms with Gasteiger partial charge in [-0.15, -0.1) is 10.2 Å². The first-order valence-electron chi connectivity index (χ1n) is 7.34. The number of rotatable bonds is 4. The summed E-state index contributed by atoms with van der Waals surface area (Å²) >= 11 is 1.27. The van der Waals surface area contributed by atoms with Gasteiger partial charge in [-0.3, -0.25) is 4.79 Å². The van der Waals surface area contributed by atoms with Crippen LogP contribution < -0.4 is 5.32 Å². The fourth-order valence-electron chi connectivity index (χ4n) is 2.21. The third kappa shape index (κ3) is 3.88. The summed E-state index contributed by atoms with van der Waals surface area (Å²) in [5.41, 5.74) is -0.170. The fraction of sp³-hybridized carbons (Fsp3) is 0.118. The number of aromatic nitrogens is 2. The second kappa shape index (κ2) is 7.20. The fourth-order valence-corrected chi connectivity index (χ4v) is 2.50. The molecule has 0 aliphatic rings. The number of hydrogen-bond donors (Lipinski definition) is 1. The van der Waals surface area contributed by atoms with Gasteiger partial charge in [-0.25, -0.2) is 0 Å². The maximum absolute atomic E-state index is 12.8. The zero-order chi connectivity index (χ0) is 18.7. The van der Waals surface area contributed by atoms with Crippen LogP contribution in [0.15, 0.2) is 58.2 Å². The van der Waals surface area contributed by atoms with E-state index in [0.29, 0.717) is 16.5 Å². The van der Waals surface area contributed by atoms with Crippen molar-refractivity contribution in [1.29, 1.82) is 0 Å². The van der Waals surface area contributed by atoms with E-state index in [2.05, 4.69) is 15.5 Å². The van der Waals surface area contributed by atoms with Crippen LogP contribution in [0.2, 0.25) is 0 Å². The quantitative estimate of drug-likeness (QED) is 0.664. The average Bonchev–Trinajstić information content (AvgIpc) is 3.10. The van der Waals surface area contributed by atoms with Crippen molar-refractivity contribution in [3.63, 3.8) is 0 Å². The van der Waals surface area contributed by atoms with Gasteiger partial charge in [-0.2, -0.15) is 13.2 Å². The minimum Gasteiger partial charge on any atom is -0.411 e. The molecule has 0 aliphatic heterocycles. The Hall–Kier alpha value is -2.81. The van der Waals surface area contributed by atoms with Crippen molar-refractivity contribution < 1.29 is 22.4 Å². The summed E-state index contributed by atoms with van der Waals surface area (Å²) in [6, 6.07) is 10.9. The van der Waals surface area contributed by atoms with Crippen molar-refractivity contribution in [2.45, 2.75) is 11.4 Å². The zero-order valence-electron chi connectivity index (χ0n) is 13.4. The van der Waals surface area contributed by atoms with E-state index in [1.54, 1.807) is 30.5 Å². The van der Waals surface area contributed by atoms with Gasteiger partial charge in [-0.05, 0) is 36.6 Å². The van der Waals surface area contributed by atoms with Gasteiger partial charge in [0.05, 0.1) is 16.8 Å². The largest absolute Gasteiger partial charge is 0.416 e. The lowest BCUT2D eigenvalue weighted by molar-refractivity contribution is -0.137. The molecular weight excluding hydrogens is 367 g/mol. The number of hydrogen-bond acceptors (Lipinski definition) is 5. The van der Waals surface area contributed by atoms with Crippen molar-refractivity contribution in [2.75, 3.05) is 11.6 Å². The van der Waals surface area contributed by atoms with Crippen LogP contribution in [0.5, 0.6) is 0 Å². The Kier molecular flexibility index (Phi) is 4.99. The van der Waals surface area contributed by atoms with Crippen LogP contribution in [0.4, 0.5) is 18.9 Å². The number of carbonyl (C=O) groups excluding carboxylic acids is 1. The van der Waals surface area contributed by atoms with Gasteiger partial charge in [0, 0.05) is 5.56 Å². The van der Waals surface area contributed by atoms with E-state index in [-0.39, 0.29) is 11.5 Å². The maximum atomic E-state index is 12.8. The molecule has 0 radical (unpaired) electrons. The molecule has 0 unspecified atom stereocenters. The van der Waals surface area contributed by atoms with E-state index in [1.165, 1.54) is 23.9 Å². The summed E-state index contributed by atoms with van der Waals surface area (Å²) in [6.45, 7) is 0. The topological polar surface area (TPSA) is 68.0 Å². The summed E-state index contributed by atoms with van der Waals surface area (Å²) in [4.78, 5) is 12.4. The van der Waals surface area contributed by atoms with Crippen molar-refractivity contribution in [3.8, 4) is 11.5 Å². The molecule has 0 bridgehead atoms.